The van der Waals surface area contributed by atoms with Gasteiger partial charge < -0.3 is 20.3 Å². The van der Waals surface area contributed by atoms with Crippen LogP contribution in [0.1, 0.15) is 17.2 Å². The molecule has 0 saturated carbocycles. The molecule has 0 spiro atoms. The topological polar surface area (TPSA) is 61.7 Å². The fraction of sp³-hybridized carbons (Fsp3) is 0.294. The van der Waals surface area contributed by atoms with Gasteiger partial charge >= 0.3 is 0 Å². The number of aromatic hydroxyl groups is 2. The Labute approximate surface area is 134 Å². The van der Waals surface area contributed by atoms with Crippen molar-refractivity contribution in [1.29, 1.82) is 0 Å². The Morgan fingerprint density at radius 2 is 1.91 bits per heavy atom. The number of benzene rings is 2. The molecule has 3 rings (SSSR count). The number of ether oxygens (including phenoxy) is 1. The quantitative estimate of drug-likeness (QED) is 0.597. The minimum Gasteiger partial charge on any atom is -0.504 e. The van der Waals surface area contributed by atoms with Crippen molar-refractivity contribution in [2.24, 2.45) is 0 Å². The average molecular weight is 317 g/mol. The zero-order chi connectivity index (χ0) is 15.5. The van der Waals surface area contributed by atoms with E-state index in [2.05, 4.69) is 5.32 Å². The number of hydrogen-bond donors (Lipinski definition) is 3. The third-order valence-electron chi connectivity index (χ3n) is 3.87. The van der Waals surface area contributed by atoms with E-state index in [4.69, 9.17) is 4.74 Å². The predicted molar refractivity (Wildman–Crippen MR) is 87.9 cm³/mol. The fourth-order valence-corrected chi connectivity index (χ4v) is 3.08. The summed E-state index contributed by atoms with van der Waals surface area (Å²) < 4.78 is 5.86. The van der Waals surface area contributed by atoms with Gasteiger partial charge in [0.25, 0.3) is 0 Å². The van der Waals surface area contributed by atoms with Crippen molar-refractivity contribution in [2.75, 3.05) is 19.4 Å². The smallest absolute Gasteiger partial charge is 0.157 e. The van der Waals surface area contributed by atoms with Gasteiger partial charge in [0.1, 0.15) is 12.4 Å². The van der Waals surface area contributed by atoms with E-state index >= 15 is 0 Å². The van der Waals surface area contributed by atoms with Crippen molar-refractivity contribution in [3.8, 4) is 17.2 Å². The van der Waals surface area contributed by atoms with Gasteiger partial charge in [-0.15, -0.1) is 11.8 Å². The second-order valence-electron chi connectivity index (χ2n) is 5.28. The first-order chi connectivity index (χ1) is 10.7. The lowest BCUT2D eigenvalue weighted by Crippen LogP contribution is -2.33. The standard InChI is InChI=1S/C17H19NO3S/c1-22-13-4-2-12(3-5-13)21-10-15-14-9-17(20)16(19)8-11(14)6-7-18-15/h2-5,8-9,15,18-20H,6-7,10H2,1H3. The van der Waals surface area contributed by atoms with Crippen LogP contribution in [0, 0.1) is 0 Å². The molecule has 0 aliphatic carbocycles. The molecule has 5 heteroatoms. The molecule has 116 valence electrons. The van der Waals surface area contributed by atoms with E-state index in [0.717, 1.165) is 29.8 Å². The van der Waals surface area contributed by atoms with Gasteiger partial charge in [0.05, 0.1) is 6.04 Å². The average Bonchev–Trinajstić information content (AvgIpc) is 2.54. The molecular formula is C17H19NO3S. The van der Waals surface area contributed by atoms with Gasteiger partial charge in [0, 0.05) is 4.90 Å². The van der Waals surface area contributed by atoms with Crippen molar-refractivity contribution >= 4 is 11.8 Å². The van der Waals surface area contributed by atoms with Crippen LogP contribution in [-0.2, 0) is 6.42 Å². The van der Waals surface area contributed by atoms with Gasteiger partial charge in [-0.2, -0.15) is 0 Å². The van der Waals surface area contributed by atoms with Crippen LogP contribution >= 0.6 is 11.8 Å². The minimum absolute atomic E-state index is 0.00970. The zero-order valence-corrected chi connectivity index (χ0v) is 13.2. The minimum atomic E-state index is -0.0863. The number of fused-ring (bicyclic) bond motifs is 1. The normalized spacial score (nSPS) is 17.0. The summed E-state index contributed by atoms with van der Waals surface area (Å²) in [5, 5.41) is 22.7. The summed E-state index contributed by atoms with van der Waals surface area (Å²) in [5.74, 6) is 0.680. The molecule has 1 aliphatic heterocycles. The molecular weight excluding hydrogens is 298 g/mol. The lowest BCUT2D eigenvalue weighted by Gasteiger charge is -2.27. The molecule has 0 fully saturated rings. The summed E-state index contributed by atoms with van der Waals surface area (Å²) >= 11 is 1.70. The Morgan fingerprint density at radius 1 is 1.18 bits per heavy atom. The highest BCUT2D eigenvalue weighted by atomic mass is 32.2. The van der Waals surface area contributed by atoms with Crippen LogP contribution in [0.4, 0.5) is 0 Å². The van der Waals surface area contributed by atoms with Crippen molar-refractivity contribution < 1.29 is 14.9 Å². The lowest BCUT2D eigenvalue weighted by molar-refractivity contribution is 0.260. The van der Waals surface area contributed by atoms with E-state index in [-0.39, 0.29) is 17.5 Å². The highest BCUT2D eigenvalue weighted by Crippen LogP contribution is 2.34. The summed E-state index contributed by atoms with van der Waals surface area (Å²) in [4.78, 5) is 1.20. The lowest BCUT2D eigenvalue weighted by atomic mass is 9.94. The van der Waals surface area contributed by atoms with Crippen LogP contribution < -0.4 is 10.1 Å². The molecule has 0 radical (unpaired) electrons. The zero-order valence-electron chi connectivity index (χ0n) is 12.4. The predicted octanol–water partition coefficient (Wildman–Crippen LogP) is 3.09. The third-order valence-corrected chi connectivity index (χ3v) is 4.62. The number of hydrogen-bond acceptors (Lipinski definition) is 5. The Morgan fingerprint density at radius 3 is 2.64 bits per heavy atom. The van der Waals surface area contributed by atoms with E-state index in [1.807, 2.05) is 30.5 Å². The van der Waals surface area contributed by atoms with Gasteiger partial charge in [0.15, 0.2) is 11.5 Å². The first-order valence-electron chi connectivity index (χ1n) is 7.22. The number of phenolic OH excluding ortho intramolecular Hbond substituents is 2. The molecule has 2 aromatic carbocycles. The maximum Gasteiger partial charge on any atom is 0.157 e. The van der Waals surface area contributed by atoms with Crippen molar-refractivity contribution in [2.45, 2.75) is 17.4 Å². The van der Waals surface area contributed by atoms with Gasteiger partial charge in [0.2, 0.25) is 0 Å². The fourth-order valence-electron chi connectivity index (χ4n) is 2.67. The molecule has 22 heavy (non-hydrogen) atoms. The molecule has 0 saturated heterocycles. The molecule has 1 atom stereocenters. The Bertz CT molecular complexity index is 658. The van der Waals surface area contributed by atoms with E-state index in [1.54, 1.807) is 23.9 Å². The van der Waals surface area contributed by atoms with E-state index in [0.29, 0.717) is 6.61 Å². The van der Waals surface area contributed by atoms with Crippen LogP contribution in [0.5, 0.6) is 17.2 Å². The van der Waals surface area contributed by atoms with Crippen molar-refractivity contribution in [3.63, 3.8) is 0 Å². The van der Waals surface area contributed by atoms with Gasteiger partial charge in [-0.25, -0.2) is 0 Å². The highest BCUT2D eigenvalue weighted by molar-refractivity contribution is 7.98. The van der Waals surface area contributed by atoms with E-state index in [1.165, 1.54) is 4.90 Å². The summed E-state index contributed by atoms with van der Waals surface area (Å²) in [6, 6.07) is 11.3. The second kappa shape index (κ2) is 6.50. The molecule has 1 heterocycles. The molecule has 1 unspecified atom stereocenters. The third kappa shape index (κ3) is 3.15. The van der Waals surface area contributed by atoms with Gasteiger partial charge in [-0.05, 0) is 66.7 Å². The molecule has 0 amide bonds. The molecule has 2 aromatic rings. The second-order valence-corrected chi connectivity index (χ2v) is 6.16. The molecule has 0 bridgehead atoms. The first-order valence-corrected chi connectivity index (χ1v) is 8.45. The number of rotatable bonds is 4. The van der Waals surface area contributed by atoms with Crippen LogP contribution in [0.3, 0.4) is 0 Å². The number of thioether (sulfide) groups is 1. The van der Waals surface area contributed by atoms with Crippen LogP contribution in [-0.4, -0.2) is 29.6 Å². The first kappa shape index (κ1) is 15.1. The number of phenols is 2. The van der Waals surface area contributed by atoms with Gasteiger partial charge in [-0.1, -0.05) is 0 Å². The SMILES string of the molecule is CSc1ccc(OCC2NCCc3cc(O)c(O)cc32)cc1. The Balaban J connectivity index is 1.72. The summed E-state index contributed by atoms with van der Waals surface area (Å²) in [6.07, 6.45) is 2.88. The maximum absolute atomic E-state index is 9.72. The Kier molecular flexibility index (Phi) is 4.45. The van der Waals surface area contributed by atoms with E-state index in [9.17, 15) is 10.2 Å². The Hall–Kier alpha value is -1.85. The van der Waals surface area contributed by atoms with Crippen molar-refractivity contribution in [1.82, 2.24) is 5.32 Å². The molecule has 4 nitrogen and oxygen atoms in total. The molecule has 1 aliphatic rings. The van der Waals surface area contributed by atoms with Crippen LogP contribution in [0.2, 0.25) is 0 Å². The number of nitrogens with one attached hydrogen (secondary N) is 1. The largest absolute Gasteiger partial charge is 0.504 e. The maximum atomic E-state index is 9.72. The summed E-state index contributed by atoms with van der Waals surface area (Å²) in [6.45, 7) is 1.31. The van der Waals surface area contributed by atoms with Gasteiger partial charge in [-0.3, -0.25) is 0 Å². The summed E-state index contributed by atoms with van der Waals surface area (Å²) in [7, 11) is 0. The monoisotopic (exact) mass is 317 g/mol. The van der Waals surface area contributed by atoms with Crippen molar-refractivity contribution in [3.05, 3.63) is 47.5 Å². The van der Waals surface area contributed by atoms with Crippen LogP contribution in [0.25, 0.3) is 0 Å². The molecule has 3 N–H and O–H groups in total. The molecule has 0 aromatic heterocycles. The summed E-state index contributed by atoms with van der Waals surface area (Å²) in [5.41, 5.74) is 2.04. The van der Waals surface area contributed by atoms with E-state index < -0.39 is 0 Å². The van der Waals surface area contributed by atoms with Crippen LogP contribution in [0.15, 0.2) is 41.3 Å². The highest BCUT2D eigenvalue weighted by Gasteiger charge is 2.22.